The van der Waals surface area contributed by atoms with Crippen LogP contribution in [0.2, 0.25) is 0 Å². The minimum absolute atomic E-state index is 0.127. The zero-order valence-electron chi connectivity index (χ0n) is 15.4. The molecule has 1 amide bonds. The Morgan fingerprint density at radius 2 is 1.86 bits per heavy atom. The average molecular weight is 432 g/mol. The molecular weight excluding hydrogens is 414 g/mol. The molecule has 3 rings (SSSR count). The molecule has 156 valence electrons. The van der Waals surface area contributed by atoms with Crippen LogP contribution in [0.4, 0.5) is 17.6 Å². The van der Waals surface area contributed by atoms with Crippen LogP contribution < -0.4 is 9.47 Å². The van der Waals surface area contributed by atoms with Crippen LogP contribution in [0.15, 0.2) is 42.5 Å². The highest BCUT2D eigenvalue weighted by Gasteiger charge is 2.40. The van der Waals surface area contributed by atoms with Crippen molar-refractivity contribution >= 4 is 17.5 Å². The molecule has 0 aliphatic carbocycles. The monoisotopic (exact) mass is 431 g/mol. The van der Waals surface area contributed by atoms with E-state index in [9.17, 15) is 22.4 Å². The number of ether oxygens (including phenoxy) is 2. The molecule has 1 heterocycles. The number of rotatable bonds is 6. The Labute approximate surface area is 170 Å². The molecule has 1 saturated heterocycles. The molecule has 4 nitrogen and oxygen atoms in total. The van der Waals surface area contributed by atoms with Crippen LogP contribution in [0, 0.1) is 5.82 Å². The van der Waals surface area contributed by atoms with Gasteiger partial charge in [-0.25, -0.2) is 4.39 Å². The first-order valence-electron chi connectivity index (χ1n) is 8.89. The van der Waals surface area contributed by atoms with Gasteiger partial charge in [0, 0.05) is 18.2 Å². The predicted octanol–water partition coefficient (Wildman–Crippen LogP) is 5.20. The Balaban J connectivity index is 1.84. The molecule has 2 atom stereocenters. The van der Waals surface area contributed by atoms with Gasteiger partial charge in [0.05, 0.1) is 12.6 Å². The van der Waals surface area contributed by atoms with Crippen molar-refractivity contribution in [3.05, 3.63) is 59.4 Å². The fraction of sp³-hybridized carbons (Fsp3) is 0.350. The van der Waals surface area contributed by atoms with Crippen molar-refractivity contribution in [2.45, 2.75) is 37.7 Å². The lowest BCUT2D eigenvalue weighted by Gasteiger charge is -2.26. The molecule has 2 aromatic carbocycles. The van der Waals surface area contributed by atoms with Crippen molar-refractivity contribution < 1.29 is 31.8 Å². The Bertz CT molecular complexity index is 873. The maximum atomic E-state index is 13.6. The van der Waals surface area contributed by atoms with Crippen LogP contribution >= 0.6 is 11.6 Å². The summed E-state index contributed by atoms with van der Waals surface area (Å²) in [6.07, 6.45) is -4.47. The Morgan fingerprint density at radius 3 is 2.48 bits per heavy atom. The number of benzene rings is 2. The highest BCUT2D eigenvalue weighted by molar-refractivity contribution is 6.31. The van der Waals surface area contributed by atoms with Crippen molar-refractivity contribution in [2.24, 2.45) is 0 Å². The highest BCUT2D eigenvalue weighted by Crippen LogP contribution is 2.41. The number of carbonyl (C=O) groups is 1. The lowest BCUT2D eigenvalue weighted by atomic mass is 10.0. The molecule has 1 fully saturated rings. The van der Waals surface area contributed by atoms with Gasteiger partial charge in [0.25, 0.3) is 0 Å². The molecule has 29 heavy (non-hydrogen) atoms. The van der Waals surface area contributed by atoms with Crippen molar-refractivity contribution in [1.82, 2.24) is 4.90 Å². The number of hydrogen-bond donors (Lipinski definition) is 0. The van der Waals surface area contributed by atoms with E-state index in [1.165, 1.54) is 41.3 Å². The minimum atomic E-state index is -4.78. The fourth-order valence-electron chi connectivity index (χ4n) is 3.30. The Morgan fingerprint density at radius 1 is 1.17 bits per heavy atom. The second-order valence-electron chi connectivity index (χ2n) is 6.49. The molecule has 0 spiro atoms. The molecule has 1 aliphatic rings. The van der Waals surface area contributed by atoms with Gasteiger partial charge in [-0.1, -0.05) is 18.2 Å². The van der Waals surface area contributed by atoms with Crippen molar-refractivity contribution in [3.63, 3.8) is 0 Å². The maximum absolute atomic E-state index is 13.6. The van der Waals surface area contributed by atoms with Gasteiger partial charge in [0.1, 0.15) is 22.7 Å². The first-order chi connectivity index (χ1) is 13.7. The van der Waals surface area contributed by atoms with Crippen molar-refractivity contribution in [2.75, 3.05) is 6.61 Å². The standard InChI is InChI=1S/C20H18ClF4NO3/c1-2-28-18-9-13(22)5-8-15(18)17-10-16(21)19(27)26(17)11-12-3-6-14(7-4-12)29-20(23,24)25/h3-9,16-17H,2,10-11H2,1H3. The summed E-state index contributed by atoms with van der Waals surface area (Å²) in [5.74, 6) is -0.789. The number of nitrogens with zero attached hydrogens (tertiary/aromatic N) is 1. The molecule has 9 heteroatoms. The SMILES string of the molecule is CCOc1cc(F)ccc1C1CC(Cl)C(=O)N1Cc1ccc(OC(F)(F)F)cc1. The summed E-state index contributed by atoms with van der Waals surface area (Å²) in [7, 11) is 0. The summed E-state index contributed by atoms with van der Waals surface area (Å²) in [5.41, 5.74) is 1.23. The summed E-state index contributed by atoms with van der Waals surface area (Å²) < 4.78 is 59.9. The Hall–Kier alpha value is -2.48. The number of halogens is 5. The lowest BCUT2D eigenvalue weighted by molar-refractivity contribution is -0.274. The topological polar surface area (TPSA) is 38.8 Å². The molecule has 0 saturated carbocycles. The first kappa shape index (κ1) is 21.2. The van der Waals surface area contributed by atoms with E-state index < -0.39 is 23.6 Å². The number of amides is 1. The van der Waals surface area contributed by atoms with Crippen LogP contribution in [0.1, 0.15) is 30.5 Å². The third kappa shape index (κ3) is 5.12. The number of alkyl halides is 4. The van der Waals surface area contributed by atoms with Crippen molar-refractivity contribution in [3.8, 4) is 11.5 Å². The van der Waals surface area contributed by atoms with Gasteiger partial charge in [-0.05, 0) is 37.1 Å². The maximum Gasteiger partial charge on any atom is 0.573 e. The van der Waals surface area contributed by atoms with Crippen LogP contribution in [0.5, 0.6) is 11.5 Å². The van der Waals surface area contributed by atoms with E-state index in [4.69, 9.17) is 16.3 Å². The number of carbonyl (C=O) groups excluding carboxylic acids is 1. The molecular formula is C20H18ClF4NO3. The minimum Gasteiger partial charge on any atom is -0.493 e. The van der Waals surface area contributed by atoms with Crippen LogP contribution in [0.25, 0.3) is 0 Å². The molecule has 2 unspecified atom stereocenters. The van der Waals surface area contributed by atoms with Gasteiger partial charge in [-0.2, -0.15) is 0 Å². The van der Waals surface area contributed by atoms with E-state index in [0.717, 1.165) is 0 Å². The van der Waals surface area contributed by atoms with Gasteiger partial charge in [-0.3, -0.25) is 4.79 Å². The number of hydrogen-bond acceptors (Lipinski definition) is 3. The van der Waals surface area contributed by atoms with Crippen molar-refractivity contribution in [1.29, 1.82) is 0 Å². The largest absolute Gasteiger partial charge is 0.573 e. The smallest absolute Gasteiger partial charge is 0.493 e. The fourth-order valence-corrected chi connectivity index (χ4v) is 3.59. The van der Waals surface area contributed by atoms with E-state index in [0.29, 0.717) is 29.9 Å². The second-order valence-corrected chi connectivity index (χ2v) is 7.02. The summed E-state index contributed by atoms with van der Waals surface area (Å²) in [6, 6.07) is 8.90. The third-order valence-corrected chi connectivity index (χ3v) is 4.87. The molecule has 0 bridgehead atoms. The molecule has 0 radical (unpaired) electrons. The van der Waals surface area contributed by atoms with Gasteiger partial charge in [0.2, 0.25) is 5.91 Å². The van der Waals surface area contributed by atoms with E-state index in [-0.39, 0.29) is 18.2 Å². The quantitative estimate of drug-likeness (QED) is 0.466. The molecule has 0 aromatic heterocycles. The second kappa shape index (κ2) is 8.49. The summed E-state index contributed by atoms with van der Waals surface area (Å²) in [6.45, 7) is 2.21. The van der Waals surface area contributed by atoms with Gasteiger partial charge >= 0.3 is 6.36 Å². The molecule has 2 aromatic rings. The summed E-state index contributed by atoms with van der Waals surface area (Å²) >= 11 is 6.18. The first-order valence-corrected chi connectivity index (χ1v) is 9.33. The average Bonchev–Trinajstić information content (AvgIpc) is 2.91. The summed E-state index contributed by atoms with van der Waals surface area (Å²) in [5, 5.41) is -0.757. The third-order valence-electron chi connectivity index (χ3n) is 4.50. The van der Waals surface area contributed by atoms with E-state index in [2.05, 4.69) is 4.74 Å². The van der Waals surface area contributed by atoms with Crippen LogP contribution in [-0.2, 0) is 11.3 Å². The van der Waals surface area contributed by atoms with Gasteiger partial charge in [-0.15, -0.1) is 24.8 Å². The van der Waals surface area contributed by atoms with E-state index in [1.807, 2.05) is 0 Å². The van der Waals surface area contributed by atoms with E-state index in [1.54, 1.807) is 13.0 Å². The van der Waals surface area contributed by atoms with E-state index >= 15 is 0 Å². The molecule has 0 N–H and O–H groups in total. The summed E-state index contributed by atoms with van der Waals surface area (Å²) in [4.78, 5) is 14.1. The van der Waals surface area contributed by atoms with Gasteiger partial charge < -0.3 is 14.4 Å². The molecule has 1 aliphatic heterocycles. The zero-order chi connectivity index (χ0) is 21.2. The highest BCUT2D eigenvalue weighted by atomic mass is 35.5. The zero-order valence-corrected chi connectivity index (χ0v) is 16.1. The normalized spacial score (nSPS) is 19.5. The van der Waals surface area contributed by atoms with Crippen LogP contribution in [0.3, 0.4) is 0 Å². The number of likely N-dealkylation sites (tertiary alicyclic amines) is 1. The lowest BCUT2D eigenvalue weighted by Crippen LogP contribution is -2.29. The Kier molecular flexibility index (Phi) is 6.21. The predicted molar refractivity (Wildman–Crippen MR) is 98.2 cm³/mol. The van der Waals surface area contributed by atoms with Gasteiger partial charge in [0.15, 0.2) is 0 Å². The van der Waals surface area contributed by atoms with Crippen LogP contribution in [-0.4, -0.2) is 29.2 Å².